The Bertz CT molecular complexity index is 726. The maximum atomic E-state index is 13.1. The number of nitrogens with zero attached hydrogens (tertiary/aromatic N) is 1. The molecule has 5 nitrogen and oxygen atoms in total. The maximum Gasteiger partial charge on any atom is 0.223 e. The number of halogens is 1. The van der Waals surface area contributed by atoms with Gasteiger partial charge in [0.2, 0.25) is 5.91 Å². The Morgan fingerprint density at radius 3 is 2.50 bits per heavy atom. The van der Waals surface area contributed by atoms with Crippen LogP contribution in [0, 0.1) is 5.92 Å². The second-order valence-electron chi connectivity index (χ2n) is 7.97. The number of amides is 1. The standard InChI is InChI=1S/C22H28N2O3.ClH/c25-20(21-7-4-10-27-21)15-24(14-16-5-2-1-3-6-16)22(26)13-17-11-18-8-9-19(12-17)23-18;/h1-7,10,17-20,23,25H,8-9,11-15H2;1H. The molecule has 2 aliphatic heterocycles. The fourth-order valence-corrected chi connectivity index (χ4v) is 4.56. The minimum atomic E-state index is -0.808. The number of aliphatic hydroxyl groups is 1. The average molecular weight is 405 g/mol. The lowest BCUT2D eigenvalue weighted by Gasteiger charge is -2.31. The highest BCUT2D eigenvalue weighted by molar-refractivity contribution is 5.85. The van der Waals surface area contributed by atoms with Gasteiger partial charge in [-0.05, 0) is 49.3 Å². The van der Waals surface area contributed by atoms with Crippen molar-refractivity contribution in [3.05, 3.63) is 60.1 Å². The molecule has 152 valence electrons. The molecule has 4 rings (SSSR count). The first-order valence-electron chi connectivity index (χ1n) is 9.96. The van der Waals surface area contributed by atoms with Crippen molar-refractivity contribution in [2.45, 2.75) is 56.8 Å². The Labute approximate surface area is 172 Å². The predicted molar refractivity (Wildman–Crippen MR) is 110 cm³/mol. The van der Waals surface area contributed by atoms with E-state index in [9.17, 15) is 9.90 Å². The Kier molecular flexibility index (Phi) is 7.16. The summed E-state index contributed by atoms with van der Waals surface area (Å²) in [4.78, 5) is 14.9. The van der Waals surface area contributed by atoms with Crippen LogP contribution < -0.4 is 5.32 Å². The summed E-state index contributed by atoms with van der Waals surface area (Å²) in [5, 5.41) is 14.1. The van der Waals surface area contributed by atoms with Crippen LogP contribution >= 0.6 is 12.4 Å². The van der Waals surface area contributed by atoms with Crippen LogP contribution in [-0.2, 0) is 11.3 Å². The zero-order valence-corrected chi connectivity index (χ0v) is 16.8. The van der Waals surface area contributed by atoms with Crippen LogP contribution in [0.25, 0.3) is 0 Å². The van der Waals surface area contributed by atoms with Gasteiger partial charge < -0.3 is 19.7 Å². The number of hydrogen-bond acceptors (Lipinski definition) is 4. The van der Waals surface area contributed by atoms with Gasteiger partial charge in [0.25, 0.3) is 0 Å². The van der Waals surface area contributed by atoms with E-state index in [0.29, 0.717) is 36.7 Å². The summed E-state index contributed by atoms with van der Waals surface area (Å²) in [6, 6.07) is 14.6. The molecule has 28 heavy (non-hydrogen) atoms. The molecule has 2 aliphatic rings. The minimum Gasteiger partial charge on any atom is -0.467 e. The number of benzene rings is 1. The molecule has 1 aromatic carbocycles. The fraction of sp³-hybridized carbons (Fsp3) is 0.500. The number of aliphatic hydroxyl groups excluding tert-OH is 1. The van der Waals surface area contributed by atoms with Crippen LogP contribution in [0.4, 0.5) is 0 Å². The smallest absolute Gasteiger partial charge is 0.223 e. The molecule has 6 heteroatoms. The molecule has 1 aromatic heterocycles. The summed E-state index contributed by atoms with van der Waals surface area (Å²) in [7, 11) is 0. The van der Waals surface area contributed by atoms with E-state index >= 15 is 0 Å². The SMILES string of the molecule is Cl.O=C(CC1CC2CCC(C1)N2)N(Cc1ccccc1)CC(O)c1ccco1. The highest BCUT2D eigenvalue weighted by Crippen LogP contribution is 2.33. The highest BCUT2D eigenvalue weighted by atomic mass is 35.5. The lowest BCUT2D eigenvalue weighted by Crippen LogP contribution is -2.41. The van der Waals surface area contributed by atoms with E-state index in [4.69, 9.17) is 4.42 Å². The number of rotatable bonds is 7. The van der Waals surface area contributed by atoms with E-state index < -0.39 is 6.10 Å². The van der Waals surface area contributed by atoms with Crippen molar-refractivity contribution in [3.8, 4) is 0 Å². The van der Waals surface area contributed by atoms with Crippen molar-refractivity contribution in [3.63, 3.8) is 0 Å². The summed E-state index contributed by atoms with van der Waals surface area (Å²) in [5.41, 5.74) is 1.07. The van der Waals surface area contributed by atoms with Crippen molar-refractivity contribution in [1.82, 2.24) is 10.2 Å². The molecule has 2 fully saturated rings. The zero-order valence-electron chi connectivity index (χ0n) is 16.0. The molecular weight excluding hydrogens is 376 g/mol. The van der Waals surface area contributed by atoms with Crippen LogP contribution in [0.3, 0.4) is 0 Å². The minimum absolute atomic E-state index is 0. The van der Waals surface area contributed by atoms with Crippen LogP contribution in [0.2, 0.25) is 0 Å². The number of carbonyl (C=O) groups is 1. The molecule has 0 radical (unpaired) electrons. The Balaban J connectivity index is 0.00000225. The topological polar surface area (TPSA) is 65.7 Å². The molecule has 2 aromatic rings. The van der Waals surface area contributed by atoms with Crippen LogP contribution in [0.15, 0.2) is 53.1 Å². The van der Waals surface area contributed by atoms with Crippen molar-refractivity contribution >= 4 is 18.3 Å². The van der Waals surface area contributed by atoms with Crippen LogP contribution in [0.5, 0.6) is 0 Å². The Hall–Kier alpha value is -1.82. The fourth-order valence-electron chi connectivity index (χ4n) is 4.56. The third-order valence-corrected chi connectivity index (χ3v) is 5.87. The molecule has 3 heterocycles. The second kappa shape index (κ2) is 9.59. The Morgan fingerprint density at radius 2 is 1.86 bits per heavy atom. The number of carbonyl (C=O) groups excluding carboxylic acids is 1. The van der Waals surface area contributed by atoms with Gasteiger partial charge in [0.15, 0.2) is 0 Å². The van der Waals surface area contributed by atoms with Gasteiger partial charge in [0, 0.05) is 25.0 Å². The molecule has 0 saturated carbocycles. The Morgan fingerprint density at radius 1 is 1.14 bits per heavy atom. The molecule has 0 spiro atoms. The van der Waals surface area contributed by atoms with E-state index in [0.717, 1.165) is 18.4 Å². The number of nitrogens with one attached hydrogen (secondary N) is 1. The number of fused-ring (bicyclic) bond motifs is 2. The normalized spacial score (nSPS) is 24.4. The van der Waals surface area contributed by atoms with Gasteiger partial charge in [-0.2, -0.15) is 0 Å². The van der Waals surface area contributed by atoms with E-state index in [1.165, 1.54) is 12.8 Å². The number of hydrogen-bond donors (Lipinski definition) is 2. The molecule has 3 unspecified atom stereocenters. The van der Waals surface area contributed by atoms with Crippen LogP contribution in [-0.4, -0.2) is 34.5 Å². The van der Waals surface area contributed by atoms with E-state index in [2.05, 4.69) is 5.32 Å². The average Bonchev–Trinajstić information content (AvgIpc) is 3.32. The molecule has 2 bridgehead atoms. The maximum absolute atomic E-state index is 13.1. The predicted octanol–water partition coefficient (Wildman–Crippen LogP) is 3.68. The summed E-state index contributed by atoms with van der Waals surface area (Å²) in [5.74, 6) is 1.06. The number of piperidine rings is 1. The zero-order chi connectivity index (χ0) is 18.6. The third-order valence-electron chi connectivity index (χ3n) is 5.87. The summed E-state index contributed by atoms with van der Waals surface area (Å²) in [6.45, 7) is 0.758. The first kappa shape index (κ1) is 20.9. The first-order valence-corrected chi connectivity index (χ1v) is 9.96. The van der Waals surface area contributed by atoms with Crippen molar-refractivity contribution in [2.75, 3.05) is 6.54 Å². The molecular formula is C22H29ClN2O3. The summed E-state index contributed by atoms with van der Waals surface area (Å²) < 4.78 is 5.32. The van der Waals surface area contributed by atoms with Crippen molar-refractivity contribution in [1.29, 1.82) is 0 Å². The van der Waals surface area contributed by atoms with Gasteiger partial charge in [-0.3, -0.25) is 4.79 Å². The first-order chi connectivity index (χ1) is 13.2. The van der Waals surface area contributed by atoms with Gasteiger partial charge in [-0.25, -0.2) is 0 Å². The molecule has 3 atom stereocenters. The molecule has 2 N–H and O–H groups in total. The lowest BCUT2D eigenvalue weighted by molar-refractivity contribution is -0.134. The van der Waals surface area contributed by atoms with Crippen LogP contribution in [0.1, 0.15) is 49.5 Å². The van der Waals surface area contributed by atoms with E-state index in [1.807, 2.05) is 30.3 Å². The molecule has 0 aliphatic carbocycles. The molecule has 1 amide bonds. The van der Waals surface area contributed by atoms with Gasteiger partial charge >= 0.3 is 0 Å². The second-order valence-corrected chi connectivity index (χ2v) is 7.97. The van der Waals surface area contributed by atoms with Crippen molar-refractivity contribution in [2.24, 2.45) is 5.92 Å². The lowest BCUT2D eigenvalue weighted by atomic mass is 9.89. The number of furan rings is 1. The highest BCUT2D eigenvalue weighted by Gasteiger charge is 2.35. The quantitative estimate of drug-likeness (QED) is 0.738. The van der Waals surface area contributed by atoms with Gasteiger partial charge in [0.1, 0.15) is 11.9 Å². The third kappa shape index (κ3) is 5.16. The monoisotopic (exact) mass is 404 g/mol. The van der Waals surface area contributed by atoms with Crippen molar-refractivity contribution < 1.29 is 14.3 Å². The van der Waals surface area contributed by atoms with E-state index in [1.54, 1.807) is 23.3 Å². The summed E-state index contributed by atoms with van der Waals surface area (Å²) in [6.07, 6.45) is 5.95. The summed E-state index contributed by atoms with van der Waals surface area (Å²) >= 11 is 0. The van der Waals surface area contributed by atoms with Gasteiger partial charge in [-0.1, -0.05) is 30.3 Å². The van der Waals surface area contributed by atoms with Gasteiger partial charge in [-0.15, -0.1) is 12.4 Å². The van der Waals surface area contributed by atoms with E-state index in [-0.39, 0.29) is 24.9 Å². The molecule has 2 saturated heterocycles. The largest absolute Gasteiger partial charge is 0.467 e. The van der Waals surface area contributed by atoms with Gasteiger partial charge in [0.05, 0.1) is 12.8 Å².